The summed E-state index contributed by atoms with van der Waals surface area (Å²) in [5, 5.41) is 4.01. The Kier molecular flexibility index (Phi) is 5.78. The van der Waals surface area contributed by atoms with Gasteiger partial charge < -0.3 is 5.32 Å². The Balaban J connectivity index is 1.32. The SMILES string of the molecule is O=C1CCC(=O)N1C1CCC(N[C@@H]2CCCC[C@@H]2C2=CCCCC2)CC1. The van der Waals surface area contributed by atoms with Crippen LogP contribution in [-0.2, 0) is 9.59 Å². The highest BCUT2D eigenvalue weighted by Gasteiger charge is 2.38. The monoisotopic (exact) mass is 358 g/mol. The van der Waals surface area contributed by atoms with Gasteiger partial charge in [0.15, 0.2) is 0 Å². The van der Waals surface area contributed by atoms with E-state index in [1.807, 2.05) is 0 Å². The van der Waals surface area contributed by atoms with E-state index in [9.17, 15) is 9.59 Å². The summed E-state index contributed by atoms with van der Waals surface area (Å²) in [6, 6.07) is 1.37. The lowest BCUT2D eigenvalue weighted by atomic mass is 9.75. The van der Waals surface area contributed by atoms with Crippen LogP contribution < -0.4 is 5.32 Å². The number of nitrogens with one attached hydrogen (secondary N) is 1. The van der Waals surface area contributed by atoms with Crippen LogP contribution in [0.5, 0.6) is 0 Å². The molecule has 3 aliphatic carbocycles. The topological polar surface area (TPSA) is 49.4 Å². The number of rotatable bonds is 4. The van der Waals surface area contributed by atoms with E-state index in [4.69, 9.17) is 0 Å². The standard InChI is InChI=1S/C22H34N2O2/c25-21-14-15-22(26)24(21)18-12-10-17(11-13-18)23-20-9-5-4-8-19(20)16-6-2-1-3-7-16/h6,17-20,23H,1-5,7-15H2/t17?,18?,19-,20-/m1/s1. The molecule has 0 unspecified atom stereocenters. The average Bonchev–Trinajstić information content (AvgIpc) is 3.02. The number of carbonyl (C=O) groups excluding carboxylic acids is 2. The van der Waals surface area contributed by atoms with Crippen LogP contribution in [-0.4, -0.2) is 34.8 Å². The van der Waals surface area contributed by atoms with Gasteiger partial charge in [-0.2, -0.15) is 0 Å². The van der Waals surface area contributed by atoms with E-state index in [0.29, 0.717) is 24.9 Å². The van der Waals surface area contributed by atoms with Crippen LogP contribution in [0, 0.1) is 5.92 Å². The quantitative estimate of drug-likeness (QED) is 0.608. The van der Waals surface area contributed by atoms with Crippen molar-refractivity contribution in [2.75, 3.05) is 0 Å². The fourth-order valence-corrected chi connectivity index (χ4v) is 5.78. The molecule has 0 aromatic rings. The normalized spacial score (nSPS) is 36.3. The molecular formula is C22H34N2O2. The summed E-state index contributed by atoms with van der Waals surface area (Å²) in [6.45, 7) is 0. The Morgan fingerprint density at radius 2 is 1.54 bits per heavy atom. The molecular weight excluding hydrogens is 324 g/mol. The molecule has 1 saturated heterocycles. The highest BCUT2D eigenvalue weighted by atomic mass is 16.2. The maximum Gasteiger partial charge on any atom is 0.229 e. The molecule has 0 aromatic heterocycles. The first-order valence-corrected chi connectivity index (χ1v) is 11.0. The zero-order chi connectivity index (χ0) is 17.9. The summed E-state index contributed by atoms with van der Waals surface area (Å²) in [5.74, 6) is 0.870. The van der Waals surface area contributed by atoms with Gasteiger partial charge in [0.2, 0.25) is 11.8 Å². The Hall–Kier alpha value is -1.16. The smallest absolute Gasteiger partial charge is 0.229 e. The van der Waals surface area contributed by atoms with Crippen LogP contribution in [0.3, 0.4) is 0 Å². The summed E-state index contributed by atoms with van der Waals surface area (Å²) in [6.07, 6.45) is 18.3. The first kappa shape index (κ1) is 18.2. The van der Waals surface area contributed by atoms with E-state index in [1.54, 1.807) is 10.5 Å². The van der Waals surface area contributed by atoms with Crippen molar-refractivity contribution in [3.05, 3.63) is 11.6 Å². The number of carbonyl (C=O) groups is 2. The molecule has 0 bridgehead atoms. The maximum atomic E-state index is 12.0. The zero-order valence-corrected chi connectivity index (χ0v) is 16.0. The Bertz CT molecular complexity index is 546. The number of hydrogen-bond donors (Lipinski definition) is 1. The second-order valence-corrected chi connectivity index (χ2v) is 8.85. The minimum absolute atomic E-state index is 0.0583. The number of amides is 2. The maximum absolute atomic E-state index is 12.0. The Morgan fingerprint density at radius 1 is 0.808 bits per heavy atom. The van der Waals surface area contributed by atoms with Crippen molar-refractivity contribution in [3.8, 4) is 0 Å². The zero-order valence-electron chi connectivity index (χ0n) is 16.0. The first-order valence-electron chi connectivity index (χ1n) is 11.0. The van der Waals surface area contributed by atoms with Crippen LogP contribution >= 0.6 is 0 Å². The van der Waals surface area contributed by atoms with Gasteiger partial charge in [0, 0.05) is 31.0 Å². The third kappa shape index (κ3) is 3.90. The van der Waals surface area contributed by atoms with E-state index in [-0.39, 0.29) is 17.9 Å². The van der Waals surface area contributed by atoms with Gasteiger partial charge in [-0.1, -0.05) is 24.5 Å². The lowest BCUT2D eigenvalue weighted by Crippen LogP contribution is -2.49. The van der Waals surface area contributed by atoms with Crippen LogP contribution in [0.2, 0.25) is 0 Å². The van der Waals surface area contributed by atoms with Gasteiger partial charge in [0.05, 0.1) is 0 Å². The molecule has 0 aromatic carbocycles. The Morgan fingerprint density at radius 3 is 2.23 bits per heavy atom. The van der Waals surface area contributed by atoms with Gasteiger partial charge in [-0.25, -0.2) is 0 Å². The number of nitrogens with zero attached hydrogens (tertiary/aromatic N) is 1. The summed E-state index contributed by atoms with van der Waals surface area (Å²) >= 11 is 0. The fraction of sp³-hybridized carbons (Fsp3) is 0.818. The van der Waals surface area contributed by atoms with Crippen molar-refractivity contribution in [3.63, 3.8) is 0 Å². The summed E-state index contributed by atoms with van der Waals surface area (Å²) in [4.78, 5) is 25.6. The van der Waals surface area contributed by atoms with E-state index >= 15 is 0 Å². The van der Waals surface area contributed by atoms with Crippen molar-refractivity contribution < 1.29 is 9.59 Å². The molecule has 26 heavy (non-hydrogen) atoms. The van der Waals surface area contributed by atoms with Crippen molar-refractivity contribution in [1.82, 2.24) is 10.2 Å². The highest BCUT2D eigenvalue weighted by Crippen LogP contribution is 2.36. The second-order valence-electron chi connectivity index (χ2n) is 8.85. The number of hydrogen-bond acceptors (Lipinski definition) is 3. The van der Waals surface area contributed by atoms with Gasteiger partial charge in [0.25, 0.3) is 0 Å². The van der Waals surface area contributed by atoms with Crippen LogP contribution in [0.4, 0.5) is 0 Å². The predicted molar refractivity (Wildman–Crippen MR) is 103 cm³/mol. The van der Waals surface area contributed by atoms with Crippen molar-refractivity contribution in [2.24, 2.45) is 5.92 Å². The van der Waals surface area contributed by atoms with E-state index < -0.39 is 0 Å². The molecule has 1 N–H and O–H groups in total. The largest absolute Gasteiger partial charge is 0.311 e. The molecule has 4 aliphatic rings. The van der Waals surface area contributed by atoms with Crippen LogP contribution in [0.1, 0.15) is 89.9 Å². The first-order chi connectivity index (χ1) is 12.7. The highest BCUT2D eigenvalue weighted by molar-refractivity contribution is 6.02. The number of allylic oxidation sites excluding steroid dienone is 1. The van der Waals surface area contributed by atoms with Crippen LogP contribution in [0.25, 0.3) is 0 Å². The van der Waals surface area contributed by atoms with E-state index in [2.05, 4.69) is 11.4 Å². The third-order valence-corrected chi connectivity index (χ3v) is 7.17. The minimum Gasteiger partial charge on any atom is -0.311 e. The van der Waals surface area contributed by atoms with Gasteiger partial charge in [0.1, 0.15) is 0 Å². The van der Waals surface area contributed by atoms with Gasteiger partial charge in [-0.3, -0.25) is 14.5 Å². The van der Waals surface area contributed by atoms with E-state index in [0.717, 1.165) is 31.6 Å². The van der Waals surface area contributed by atoms with E-state index in [1.165, 1.54) is 51.4 Å². The molecule has 2 saturated carbocycles. The molecule has 4 nitrogen and oxygen atoms in total. The average molecular weight is 359 g/mol. The second kappa shape index (κ2) is 8.24. The van der Waals surface area contributed by atoms with Gasteiger partial charge in [-0.05, 0) is 70.1 Å². The summed E-state index contributed by atoms with van der Waals surface area (Å²) in [5.41, 5.74) is 1.73. The number of likely N-dealkylation sites (tertiary alicyclic amines) is 1. The molecule has 0 spiro atoms. The molecule has 2 atom stereocenters. The molecule has 1 aliphatic heterocycles. The van der Waals surface area contributed by atoms with Crippen LogP contribution in [0.15, 0.2) is 11.6 Å². The summed E-state index contributed by atoms with van der Waals surface area (Å²) < 4.78 is 0. The molecule has 3 fully saturated rings. The molecule has 1 heterocycles. The minimum atomic E-state index is 0.0583. The fourth-order valence-electron chi connectivity index (χ4n) is 5.78. The molecule has 4 heteroatoms. The molecule has 4 rings (SSSR count). The predicted octanol–water partition coefficient (Wildman–Crippen LogP) is 4.10. The van der Waals surface area contributed by atoms with Crippen molar-refractivity contribution in [2.45, 2.75) is 108 Å². The van der Waals surface area contributed by atoms with Gasteiger partial charge >= 0.3 is 0 Å². The van der Waals surface area contributed by atoms with Crippen molar-refractivity contribution >= 4 is 11.8 Å². The molecule has 144 valence electrons. The lowest BCUT2D eigenvalue weighted by molar-refractivity contribution is -0.141. The number of imide groups is 1. The van der Waals surface area contributed by atoms with Gasteiger partial charge in [-0.15, -0.1) is 0 Å². The lowest BCUT2D eigenvalue weighted by Gasteiger charge is -2.40. The van der Waals surface area contributed by atoms with Crippen molar-refractivity contribution in [1.29, 1.82) is 0 Å². The summed E-state index contributed by atoms with van der Waals surface area (Å²) in [7, 11) is 0. The molecule has 0 radical (unpaired) electrons. The Labute approximate surface area is 157 Å². The molecule has 2 amide bonds. The third-order valence-electron chi connectivity index (χ3n) is 7.17.